The maximum absolute atomic E-state index is 9.11. The van der Waals surface area contributed by atoms with Crippen LogP contribution in [-0.2, 0) is 0 Å². The van der Waals surface area contributed by atoms with Crippen LogP contribution in [0.25, 0.3) is 0 Å². The zero-order chi connectivity index (χ0) is 11.8. The zero-order valence-corrected chi connectivity index (χ0v) is 11.0. The fraction of sp³-hybridized carbons (Fsp3) is 1.00. The van der Waals surface area contributed by atoms with Gasteiger partial charge >= 0.3 is 0 Å². The van der Waals surface area contributed by atoms with Crippen molar-refractivity contribution in [3.8, 4) is 0 Å². The summed E-state index contributed by atoms with van der Waals surface area (Å²) in [6, 6.07) is 1.44. The predicted molar refractivity (Wildman–Crippen MR) is 69.6 cm³/mol. The van der Waals surface area contributed by atoms with Gasteiger partial charge in [-0.15, -0.1) is 0 Å². The molecule has 0 spiro atoms. The molecule has 0 unspecified atom stereocenters. The van der Waals surface area contributed by atoms with E-state index in [4.69, 9.17) is 5.11 Å². The smallest absolute Gasteiger partial charge is 0.0459 e. The Morgan fingerprint density at radius 3 is 2.06 bits per heavy atom. The van der Waals surface area contributed by atoms with Crippen LogP contribution in [0.1, 0.15) is 65.2 Å². The third-order valence-electron chi connectivity index (χ3n) is 3.85. The van der Waals surface area contributed by atoms with Crippen molar-refractivity contribution >= 4 is 0 Å². The minimum atomic E-state index is 0.389. The molecule has 0 aromatic heterocycles. The van der Waals surface area contributed by atoms with E-state index in [0.29, 0.717) is 18.6 Å². The number of aliphatic hydroxyl groups excluding tert-OH is 1. The van der Waals surface area contributed by atoms with Crippen molar-refractivity contribution in [2.24, 2.45) is 5.92 Å². The van der Waals surface area contributed by atoms with Gasteiger partial charge in [0, 0.05) is 18.7 Å². The van der Waals surface area contributed by atoms with Crippen LogP contribution in [0.15, 0.2) is 0 Å². The van der Waals surface area contributed by atoms with Crippen LogP contribution in [0.2, 0.25) is 0 Å². The first-order valence-corrected chi connectivity index (χ1v) is 7.17. The standard InChI is InChI=1S/C14H29NO/c1-3-5-13(6-4-2)15-14-9-7-12(11-16)8-10-14/h12-16H,3-11H2,1-2H3. The van der Waals surface area contributed by atoms with E-state index in [9.17, 15) is 0 Å². The lowest BCUT2D eigenvalue weighted by atomic mass is 9.86. The number of aliphatic hydroxyl groups is 1. The van der Waals surface area contributed by atoms with E-state index in [2.05, 4.69) is 19.2 Å². The summed E-state index contributed by atoms with van der Waals surface area (Å²) in [4.78, 5) is 0. The van der Waals surface area contributed by atoms with Crippen molar-refractivity contribution in [1.29, 1.82) is 0 Å². The second kappa shape index (κ2) is 8.08. The molecule has 0 amide bonds. The van der Waals surface area contributed by atoms with Gasteiger partial charge in [-0.25, -0.2) is 0 Å². The van der Waals surface area contributed by atoms with Crippen molar-refractivity contribution in [1.82, 2.24) is 5.32 Å². The fourth-order valence-corrected chi connectivity index (χ4v) is 2.85. The summed E-state index contributed by atoms with van der Waals surface area (Å²) in [5.41, 5.74) is 0. The summed E-state index contributed by atoms with van der Waals surface area (Å²) >= 11 is 0. The summed E-state index contributed by atoms with van der Waals surface area (Å²) < 4.78 is 0. The highest BCUT2D eigenvalue weighted by molar-refractivity contribution is 4.80. The first-order chi connectivity index (χ1) is 7.80. The molecule has 16 heavy (non-hydrogen) atoms. The monoisotopic (exact) mass is 227 g/mol. The van der Waals surface area contributed by atoms with Gasteiger partial charge in [0.15, 0.2) is 0 Å². The van der Waals surface area contributed by atoms with Gasteiger partial charge < -0.3 is 10.4 Å². The fourth-order valence-electron chi connectivity index (χ4n) is 2.85. The summed E-state index contributed by atoms with van der Waals surface area (Å²) in [6.07, 6.45) is 10.1. The van der Waals surface area contributed by atoms with E-state index in [1.807, 2.05) is 0 Å². The Hall–Kier alpha value is -0.0800. The highest BCUT2D eigenvalue weighted by Gasteiger charge is 2.22. The topological polar surface area (TPSA) is 32.3 Å². The number of hydrogen-bond donors (Lipinski definition) is 2. The molecule has 2 N–H and O–H groups in total. The Balaban J connectivity index is 2.24. The molecule has 0 aromatic rings. The highest BCUT2D eigenvalue weighted by Crippen LogP contribution is 2.24. The summed E-state index contributed by atoms with van der Waals surface area (Å²) in [5, 5.41) is 12.9. The van der Waals surface area contributed by atoms with Crippen LogP contribution >= 0.6 is 0 Å². The SMILES string of the molecule is CCCC(CCC)NC1CCC(CO)CC1. The van der Waals surface area contributed by atoms with E-state index in [-0.39, 0.29) is 0 Å². The third kappa shape index (κ3) is 4.84. The van der Waals surface area contributed by atoms with Gasteiger partial charge in [-0.05, 0) is 44.4 Å². The maximum Gasteiger partial charge on any atom is 0.0459 e. The largest absolute Gasteiger partial charge is 0.396 e. The van der Waals surface area contributed by atoms with E-state index in [1.165, 1.54) is 51.4 Å². The second-order valence-electron chi connectivity index (χ2n) is 5.34. The molecule has 1 aliphatic carbocycles. The number of hydrogen-bond acceptors (Lipinski definition) is 2. The highest BCUT2D eigenvalue weighted by atomic mass is 16.3. The molecule has 1 aliphatic rings. The molecule has 0 aromatic carbocycles. The van der Waals surface area contributed by atoms with E-state index in [1.54, 1.807) is 0 Å². The molecule has 2 nitrogen and oxygen atoms in total. The molecule has 1 saturated carbocycles. The minimum Gasteiger partial charge on any atom is -0.396 e. The van der Waals surface area contributed by atoms with Gasteiger partial charge in [-0.3, -0.25) is 0 Å². The Morgan fingerprint density at radius 1 is 1.06 bits per heavy atom. The molecular formula is C14H29NO. The normalized spacial score (nSPS) is 26.2. The van der Waals surface area contributed by atoms with Crippen LogP contribution in [0.3, 0.4) is 0 Å². The van der Waals surface area contributed by atoms with Gasteiger partial charge in [0.1, 0.15) is 0 Å². The summed E-state index contributed by atoms with van der Waals surface area (Å²) in [7, 11) is 0. The van der Waals surface area contributed by atoms with Crippen molar-refractivity contribution < 1.29 is 5.11 Å². The molecule has 0 atom stereocenters. The van der Waals surface area contributed by atoms with Gasteiger partial charge in [0.05, 0.1) is 0 Å². The third-order valence-corrected chi connectivity index (χ3v) is 3.85. The van der Waals surface area contributed by atoms with Gasteiger partial charge in [0.2, 0.25) is 0 Å². The molecule has 1 fully saturated rings. The van der Waals surface area contributed by atoms with Crippen molar-refractivity contribution in [2.45, 2.75) is 77.3 Å². The molecule has 0 saturated heterocycles. The lowest BCUT2D eigenvalue weighted by molar-refractivity contribution is 0.170. The van der Waals surface area contributed by atoms with Gasteiger partial charge in [-0.1, -0.05) is 26.7 Å². The van der Waals surface area contributed by atoms with Crippen molar-refractivity contribution in [3.05, 3.63) is 0 Å². The Morgan fingerprint density at radius 2 is 1.62 bits per heavy atom. The summed E-state index contributed by atoms with van der Waals surface area (Å²) in [6.45, 7) is 4.93. The second-order valence-corrected chi connectivity index (χ2v) is 5.34. The lowest BCUT2D eigenvalue weighted by Gasteiger charge is -2.31. The molecule has 1 rings (SSSR count). The average molecular weight is 227 g/mol. The predicted octanol–water partition coefficient (Wildman–Crippen LogP) is 3.10. The van der Waals surface area contributed by atoms with Crippen molar-refractivity contribution in [3.63, 3.8) is 0 Å². The Labute approximate surface area is 101 Å². The quantitative estimate of drug-likeness (QED) is 0.700. The molecule has 0 heterocycles. The Bertz CT molecular complexity index is 158. The van der Waals surface area contributed by atoms with Crippen LogP contribution in [0.4, 0.5) is 0 Å². The number of nitrogens with one attached hydrogen (secondary N) is 1. The molecule has 0 bridgehead atoms. The minimum absolute atomic E-state index is 0.389. The lowest BCUT2D eigenvalue weighted by Crippen LogP contribution is -2.40. The molecular weight excluding hydrogens is 198 g/mol. The van der Waals surface area contributed by atoms with Gasteiger partial charge in [0.25, 0.3) is 0 Å². The van der Waals surface area contributed by atoms with E-state index >= 15 is 0 Å². The van der Waals surface area contributed by atoms with E-state index < -0.39 is 0 Å². The molecule has 2 heteroatoms. The van der Waals surface area contributed by atoms with Crippen LogP contribution in [-0.4, -0.2) is 23.8 Å². The summed E-state index contributed by atoms with van der Waals surface area (Å²) in [5.74, 6) is 0.578. The molecule has 0 radical (unpaired) electrons. The maximum atomic E-state index is 9.11. The first-order valence-electron chi connectivity index (χ1n) is 7.17. The van der Waals surface area contributed by atoms with Crippen LogP contribution in [0.5, 0.6) is 0 Å². The number of rotatable bonds is 7. The van der Waals surface area contributed by atoms with Crippen LogP contribution < -0.4 is 5.32 Å². The van der Waals surface area contributed by atoms with E-state index in [0.717, 1.165) is 6.04 Å². The molecule has 96 valence electrons. The zero-order valence-electron chi connectivity index (χ0n) is 11.0. The average Bonchev–Trinajstić information content (AvgIpc) is 2.31. The van der Waals surface area contributed by atoms with Gasteiger partial charge in [-0.2, -0.15) is 0 Å². The first kappa shape index (κ1) is 14.0. The Kier molecular flexibility index (Phi) is 7.06. The van der Waals surface area contributed by atoms with Crippen molar-refractivity contribution in [2.75, 3.05) is 6.61 Å². The molecule has 0 aliphatic heterocycles. The van der Waals surface area contributed by atoms with Crippen LogP contribution in [0, 0.1) is 5.92 Å².